The van der Waals surface area contributed by atoms with Crippen LogP contribution < -0.4 is 5.56 Å². The molecule has 0 amide bonds. The number of aromatic hydroxyl groups is 1. The first-order chi connectivity index (χ1) is 13.5. The average molecular weight is 433 g/mol. The fourth-order valence-corrected chi connectivity index (χ4v) is 3.42. The van der Waals surface area contributed by atoms with Gasteiger partial charge in [-0.25, -0.2) is 4.98 Å². The number of phenolic OH excluding ortho intramolecular Hbond substituents is 1. The molecule has 0 atom stereocenters. The molecule has 0 bridgehead atoms. The van der Waals surface area contributed by atoms with Crippen molar-refractivity contribution >= 4 is 39.0 Å². The number of rotatable bonds is 3. The Morgan fingerprint density at radius 1 is 1.00 bits per heavy atom. The minimum absolute atomic E-state index is 0.123. The Kier molecular flexibility index (Phi) is 4.84. The first-order valence-corrected chi connectivity index (χ1v) is 9.57. The van der Waals surface area contributed by atoms with E-state index in [4.69, 9.17) is 4.98 Å². The number of nitrogens with zero attached hydrogens (tertiary/aromatic N) is 2. The van der Waals surface area contributed by atoms with E-state index in [1.54, 1.807) is 34.9 Å². The molecule has 0 aliphatic rings. The summed E-state index contributed by atoms with van der Waals surface area (Å²) in [6.45, 7) is 1.99. The van der Waals surface area contributed by atoms with Gasteiger partial charge in [-0.1, -0.05) is 46.3 Å². The summed E-state index contributed by atoms with van der Waals surface area (Å²) in [4.78, 5) is 18.0. The van der Waals surface area contributed by atoms with Gasteiger partial charge in [0.2, 0.25) is 0 Å². The van der Waals surface area contributed by atoms with Crippen molar-refractivity contribution in [1.29, 1.82) is 0 Å². The van der Waals surface area contributed by atoms with Crippen molar-refractivity contribution in [1.82, 2.24) is 9.55 Å². The molecule has 0 saturated heterocycles. The molecule has 0 aliphatic heterocycles. The second kappa shape index (κ2) is 7.44. The fourth-order valence-electron chi connectivity index (χ4n) is 3.06. The van der Waals surface area contributed by atoms with E-state index in [1.807, 2.05) is 55.5 Å². The lowest BCUT2D eigenvalue weighted by Crippen LogP contribution is -2.22. The smallest absolute Gasteiger partial charge is 0.266 e. The molecule has 4 aromatic rings. The van der Waals surface area contributed by atoms with Crippen molar-refractivity contribution in [3.8, 4) is 11.4 Å². The lowest BCUT2D eigenvalue weighted by molar-refractivity contribution is 0.475. The van der Waals surface area contributed by atoms with Crippen molar-refractivity contribution in [2.45, 2.75) is 6.92 Å². The van der Waals surface area contributed by atoms with E-state index >= 15 is 0 Å². The summed E-state index contributed by atoms with van der Waals surface area (Å²) in [5.41, 5.74) is 3.25. The predicted octanol–water partition coefficient (Wildman–Crippen LogP) is 5.33. The van der Waals surface area contributed by atoms with Crippen LogP contribution in [0.2, 0.25) is 0 Å². The molecule has 0 radical (unpaired) electrons. The van der Waals surface area contributed by atoms with E-state index in [-0.39, 0.29) is 11.3 Å². The van der Waals surface area contributed by atoms with Gasteiger partial charge in [-0.05, 0) is 66.6 Å². The van der Waals surface area contributed by atoms with Crippen molar-refractivity contribution in [2.24, 2.45) is 0 Å². The zero-order valence-electron chi connectivity index (χ0n) is 15.1. The molecule has 4 nitrogen and oxygen atoms in total. The molecular formula is C23H17BrN2O2. The molecular weight excluding hydrogens is 416 g/mol. The maximum atomic E-state index is 13.3. The van der Waals surface area contributed by atoms with Crippen molar-refractivity contribution in [2.75, 3.05) is 0 Å². The van der Waals surface area contributed by atoms with Crippen LogP contribution >= 0.6 is 15.9 Å². The molecule has 0 fully saturated rings. The lowest BCUT2D eigenvalue weighted by Gasteiger charge is -2.12. The lowest BCUT2D eigenvalue weighted by atomic mass is 10.2. The minimum atomic E-state index is -0.123. The summed E-state index contributed by atoms with van der Waals surface area (Å²) >= 11 is 3.43. The van der Waals surface area contributed by atoms with Crippen LogP contribution in [-0.2, 0) is 0 Å². The van der Waals surface area contributed by atoms with E-state index in [0.29, 0.717) is 16.7 Å². The number of phenols is 1. The van der Waals surface area contributed by atoms with Gasteiger partial charge >= 0.3 is 0 Å². The summed E-state index contributed by atoms with van der Waals surface area (Å²) in [6.07, 6.45) is 3.69. The molecule has 138 valence electrons. The van der Waals surface area contributed by atoms with Gasteiger partial charge < -0.3 is 5.11 Å². The van der Waals surface area contributed by atoms with Gasteiger partial charge in [0.05, 0.1) is 16.6 Å². The molecule has 28 heavy (non-hydrogen) atoms. The highest BCUT2D eigenvalue weighted by molar-refractivity contribution is 9.10. The van der Waals surface area contributed by atoms with Crippen molar-refractivity contribution < 1.29 is 5.11 Å². The van der Waals surface area contributed by atoms with Gasteiger partial charge in [0.1, 0.15) is 11.6 Å². The number of halogens is 1. The average Bonchev–Trinajstić information content (AvgIpc) is 2.68. The Bertz CT molecular complexity index is 1260. The number of aromatic nitrogens is 2. The van der Waals surface area contributed by atoms with Crippen LogP contribution in [0, 0.1) is 6.92 Å². The Labute approximate surface area is 170 Å². The van der Waals surface area contributed by atoms with E-state index in [0.717, 1.165) is 21.3 Å². The molecule has 0 aliphatic carbocycles. The summed E-state index contributed by atoms with van der Waals surface area (Å²) < 4.78 is 2.46. The van der Waals surface area contributed by atoms with Crippen LogP contribution in [0.25, 0.3) is 28.7 Å². The molecule has 1 heterocycles. The van der Waals surface area contributed by atoms with Crippen LogP contribution in [0.5, 0.6) is 5.75 Å². The van der Waals surface area contributed by atoms with Crippen LogP contribution in [0.4, 0.5) is 0 Å². The standard InChI is InChI=1S/C23H17BrN2O2/c1-15-3-2-4-18(13-15)26-22(12-7-16-5-9-19(27)10-6-16)25-21-11-8-17(24)14-20(21)23(26)28/h2-14,27H,1H3/b12-7+. The first-order valence-electron chi connectivity index (χ1n) is 8.78. The largest absolute Gasteiger partial charge is 0.508 e. The van der Waals surface area contributed by atoms with Gasteiger partial charge in [-0.3, -0.25) is 9.36 Å². The third-order valence-corrected chi connectivity index (χ3v) is 4.93. The number of benzene rings is 3. The Morgan fingerprint density at radius 3 is 2.54 bits per heavy atom. The second-order valence-corrected chi connectivity index (χ2v) is 7.45. The molecule has 1 aromatic heterocycles. The topological polar surface area (TPSA) is 55.1 Å². The van der Waals surface area contributed by atoms with E-state index in [9.17, 15) is 9.90 Å². The Balaban J connectivity index is 1.95. The van der Waals surface area contributed by atoms with E-state index < -0.39 is 0 Å². The number of hydrogen-bond acceptors (Lipinski definition) is 3. The fraction of sp³-hybridized carbons (Fsp3) is 0.0435. The highest BCUT2D eigenvalue weighted by atomic mass is 79.9. The minimum Gasteiger partial charge on any atom is -0.508 e. The normalized spacial score (nSPS) is 11.4. The number of hydrogen-bond donors (Lipinski definition) is 1. The zero-order valence-corrected chi connectivity index (χ0v) is 16.7. The van der Waals surface area contributed by atoms with Crippen LogP contribution in [0.15, 0.2) is 76.0 Å². The van der Waals surface area contributed by atoms with Gasteiger partial charge in [0.25, 0.3) is 5.56 Å². The van der Waals surface area contributed by atoms with E-state index in [2.05, 4.69) is 15.9 Å². The van der Waals surface area contributed by atoms with Gasteiger partial charge in [-0.15, -0.1) is 0 Å². The number of fused-ring (bicyclic) bond motifs is 1. The third-order valence-electron chi connectivity index (χ3n) is 4.43. The van der Waals surface area contributed by atoms with E-state index in [1.165, 1.54) is 0 Å². The Morgan fingerprint density at radius 2 is 1.79 bits per heavy atom. The molecule has 0 saturated carbocycles. The predicted molar refractivity (Wildman–Crippen MR) is 117 cm³/mol. The monoisotopic (exact) mass is 432 g/mol. The number of aryl methyl sites for hydroxylation is 1. The quantitative estimate of drug-likeness (QED) is 0.475. The van der Waals surface area contributed by atoms with Crippen LogP contribution in [0.3, 0.4) is 0 Å². The van der Waals surface area contributed by atoms with Crippen LogP contribution in [-0.4, -0.2) is 14.7 Å². The molecule has 3 aromatic carbocycles. The third kappa shape index (κ3) is 3.62. The maximum Gasteiger partial charge on any atom is 0.266 e. The summed E-state index contributed by atoms with van der Waals surface area (Å²) in [5, 5.41) is 10.0. The SMILES string of the molecule is Cc1cccc(-n2c(/C=C/c3ccc(O)cc3)nc3ccc(Br)cc3c2=O)c1. The summed E-state index contributed by atoms with van der Waals surface area (Å²) in [7, 11) is 0. The molecule has 5 heteroatoms. The van der Waals surface area contributed by atoms with Gasteiger partial charge in [0, 0.05) is 4.47 Å². The van der Waals surface area contributed by atoms with Gasteiger partial charge in [-0.2, -0.15) is 0 Å². The summed E-state index contributed by atoms with van der Waals surface area (Å²) in [5.74, 6) is 0.752. The molecule has 4 rings (SSSR count). The van der Waals surface area contributed by atoms with Crippen LogP contribution in [0.1, 0.15) is 17.0 Å². The Hall–Kier alpha value is -3.18. The van der Waals surface area contributed by atoms with Gasteiger partial charge in [0.15, 0.2) is 0 Å². The first kappa shape index (κ1) is 18.2. The second-order valence-electron chi connectivity index (χ2n) is 6.54. The highest BCUT2D eigenvalue weighted by Gasteiger charge is 2.12. The highest BCUT2D eigenvalue weighted by Crippen LogP contribution is 2.20. The zero-order chi connectivity index (χ0) is 19.7. The van der Waals surface area contributed by atoms with Crippen molar-refractivity contribution in [3.05, 3.63) is 98.5 Å². The van der Waals surface area contributed by atoms with Crippen molar-refractivity contribution in [3.63, 3.8) is 0 Å². The summed E-state index contributed by atoms with van der Waals surface area (Å²) in [6, 6.07) is 20.1. The molecule has 0 unspecified atom stereocenters. The maximum absolute atomic E-state index is 13.3. The molecule has 1 N–H and O–H groups in total. The molecule has 0 spiro atoms.